The summed E-state index contributed by atoms with van der Waals surface area (Å²) in [6.07, 6.45) is 1.28. The van der Waals surface area contributed by atoms with Gasteiger partial charge in [0.15, 0.2) is 0 Å². The van der Waals surface area contributed by atoms with Crippen molar-refractivity contribution in [2.24, 2.45) is 0 Å². The second-order valence-corrected chi connectivity index (χ2v) is 8.05. The highest BCUT2D eigenvalue weighted by Crippen LogP contribution is 2.30. The van der Waals surface area contributed by atoms with E-state index in [4.69, 9.17) is 9.47 Å². The Morgan fingerprint density at radius 3 is 2.57 bits per heavy atom. The number of aromatic nitrogens is 3. The number of hydrogen-bond donors (Lipinski definition) is 1. The van der Waals surface area contributed by atoms with Crippen molar-refractivity contribution < 1.29 is 14.3 Å². The fraction of sp³-hybridized carbons (Fsp3) is 0.261. The van der Waals surface area contributed by atoms with Crippen LogP contribution in [-0.4, -0.2) is 33.3 Å². The Bertz CT molecular complexity index is 1250. The number of ether oxygens (including phenoxy) is 2. The molecule has 154 valence electrons. The van der Waals surface area contributed by atoms with Gasteiger partial charge in [0.1, 0.15) is 11.4 Å². The van der Waals surface area contributed by atoms with Crippen LogP contribution in [0.2, 0.25) is 0 Å². The zero-order valence-electron chi connectivity index (χ0n) is 17.7. The molecular weight excluding hydrogens is 380 g/mol. The molecule has 0 saturated carbocycles. The van der Waals surface area contributed by atoms with Crippen molar-refractivity contribution in [2.75, 3.05) is 12.4 Å². The predicted molar refractivity (Wildman–Crippen MR) is 118 cm³/mol. The number of carbonyl (C=O) groups excluding carboxylic acids is 1. The molecule has 0 aliphatic heterocycles. The first-order valence-electron chi connectivity index (χ1n) is 9.68. The van der Waals surface area contributed by atoms with E-state index in [1.165, 1.54) is 4.57 Å². The summed E-state index contributed by atoms with van der Waals surface area (Å²) in [5.74, 6) is 1.17. The smallest absolute Gasteiger partial charge is 0.419 e. The monoisotopic (exact) mass is 404 g/mol. The first kappa shape index (κ1) is 19.7. The quantitative estimate of drug-likeness (QED) is 0.491. The molecule has 30 heavy (non-hydrogen) atoms. The molecular formula is C23H24N4O3. The molecule has 1 N–H and O–H groups in total. The number of carbonyl (C=O) groups is 1. The first-order chi connectivity index (χ1) is 14.2. The Morgan fingerprint density at radius 2 is 1.83 bits per heavy atom. The Balaban J connectivity index is 1.76. The van der Waals surface area contributed by atoms with Gasteiger partial charge in [0, 0.05) is 23.0 Å². The number of hydrogen-bond acceptors (Lipinski definition) is 6. The van der Waals surface area contributed by atoms with Gasteiger partial charge in [0.05, 0.1) is 29.5 Å². The largest absolute Gasteiger partial charge is 0.497 e. The predicted octanol–water partition coefficient (Wildman–Crippen LogP) is 5.43. The maximum atomic E-state index is 12.7. The summed E-state index contributed by atoms with van der Waals surface area (Å²) in [5, 5.41) is 5.09. The summed E-state index contributed by atoms with van der Waals surface area (Å²) in [7, 11) is 1.62. The minimum Gasteiger partial charge on any atom is -0.497 e. The minimum absolute atomic E-state index is 0.438. The van der Waals surface area contributed by atoms with Gasteiger partial charge in [-0.05, 0) is 45.9 Å². The van der Waals surface area contributed by atoms with Crippen molar-refractivity contribution in [2.45, 2.75) is 33.3 Å². The fourth-order valence-electron chi connectivity index (χ4n) is 3.31. The highest BCUT2D eigenvalue weighted by Gasteiger charge is 2.21. The van der Waals surface area contributed by atoms with Crippen LogP contribution in [0.3, 0.4) is 0 Å². The molecule has 0 bridgehead atoms. The van der Waals surface area contributed by atoms with Gasteiger partial charge in [-0.1, -0.05) is 18.2 Å². The average Bonchev–Trinajstić information content (AvgIpc) is 3.05. The Kier molecular flexibility index (Phi) is 4.81. The number of aryl methyl sites for hydroxylation is 1. The number of para-hydroxylation sites is 1. The number of nitrogens with one attached hydrogen (secondary N) is 1. The van der Waals surface area contributed by atoms with Crippen LogP contribution >= 0.6 is 0 Å². The molecule has 2 aromatic heterocycles. The number of benzene rings is 2. The van der Waals surface area contributed by atoms with Crippen LogP contribution in [0.5, 0.6) is 5.75 Å². The molecule has 0 spiro atoms. The maximum absolute atomic E-state index is 12.7. The summed E-state index contributed by atoms with van der Waals surface area (Å²) in [5.41, 5.74) is 2.50. The number of methoxy groups -OCH3 is 1. The molecule has 4 rings (SSSR count). The zero-order chi connectivity index (χ0) is 21.5. The van der Waals surface area contributed by atoms with E-state index in [0.29, 0.717) is 5.95 Å². The molecule has 2 heterocycles. The van der Waals surface area contributed by atoms with E-state index in [1.54, 1.807) is 13.3 Å². The lowest BCUT2D eigenvalue weighted by atomic mass is 10.2. The maximum Gasteiger partial charge on any atom is 0.419 e. The van der Waals surface area contributed by atoms with Crippen molar-refractivity contribution in [3.8, 4) is 5.75 Å². The molecule has 0 amide bonds. The Labute approximate surface area is 174 Å². The normalized spacial score (nSPS) is 11.6. The first-order valence-corrected chi connectivity index (χ1v) is 9.68. The standard InChI is InChI=1S/C23H24N4O3/c1-14-16-11-10-15(29-5)12-18(16)25-21(24-14)26-19-13-27(22(28)30-23(2,3)4)20-9-7-6-8-17(19)20/h6-13H,1-5H3,(H,24,25,26). The van der Waals surface area contributed by atoms with Gasteiger partial charge in [0.2, 0.25) is 5.95 Å². The molecule has 0 unspecified atom stereocenters. The molecule has 0 saturated heterocycles. The summed E-state index contributed by atoms with van der Waals surface area (Å²) in [4.78, 5) is 21.9. The van der Waals surface area contributed by atoms with E-state index in [2.05, 4.69) is 15.3 Å². The van der Waals surface area contributed by atoms with Gasteiger partial charge in [-0.2, -0.15) is 0 Å². The lowest BCUT2D eigenvalue weighted by molar-refractivity contribution is 0.0544. The molecule has 4 aromatic rings. The van der Waals surface area contributed by atoms with Gasteiger partial charge in [0.25, 0.3) is 0 Å². The highest BCUT2D eigenvalue weighted by atomic mass is 16.6. The van der Waals surface area contributed by atoms with Gasteiger partial charge in [-0.3, -0.25) is 4.57 Å². The van der Waals surface area contributed by atoms with Crippen LogP contribution in [0.25, 0.3) is 21.8 Å². The van der Waals surface area contributed by atoms with E-state index < -0.39 is 11.7 Å². The van der Waals surface area contributed by atoms with Crippen molar-refractivity contribution >= 4 is 39.5 Å². The SMILES string of the molecule is COc1ccc2c(C)nc(Nc3cn(C(=O)OC(C)(C)C)c4ccccc34)nc2c1. The lowest BCUT2D eigenvalue weighted by Gasteiger charge is -2.19. The van der Waals surface area contributed by atoms with E-state index >= 15 is 0 Å². The Morgan fingerprint density at radius 1 is 1.07 bits per heavy atom. The third kappa shape index (κ3) is 3.78. The molecule has 0 radical (unpaired) electrons. The van der Waals surface area contributed by atoms with Crippen LogP contribution in [0, 0.1) is 6.92 Å². The van der Waals surface area contributed by atoms with Gasteiger partial charge >= 0.3 is 6.09 Å². The highest BCUT2D eigenvalue weighted by molar-refractivity contribution is 5.99. The number of nitrogens with zero attached hydrogens (tertiary/aromatic N) is 3. The van der Waals surface area contributed by atoms with E-state index in [-0.39, 0.29) is 0 Å². The van der Waals surface area contributed by atoms with Gasteiger partial charge in [-0.15, -0.1) is 0 Å². The van der Waals surface area contributed by atoms with E-state index in [1.807, 2.05) is 70.2 Å². The molecule has 0 fully saturated rings. The summed E-state index contributed by atoms with van der Waals surface area (Å²) in [6.45, 7) is 7.47. The average molecular weight is 404 g/mol. The van der Waals surface area contributed by atoms with Crippen LogP contribution in [0.1, 0.15) is 26.5 Å². The number of rotatable bonds is 3. The van der Waals surface area contributed by atoms with E-state index in [9.17, 15) is 4.79 Å². The van der Waals surface area contributed by atoms with Crippen molar-refractivity contribution in [1.29, 1.82) is 0 Å². The topological polar surface area (TPSA) is 78.3 Å². The van der Waals surface area contributed by atoms with Gasteiger partial charge in [-0.25, -0.2) is 14.8 Å². The van der Waals surface area contributed by atoms with Crippen molar-refractivity contribution in [3.05, 3.63) is 54.4 Å². The summed E-state index contributed by atoms with van der Waals surface area (Å²) in [6, 6.07) is 13.3. The zero-order valence-corrected chi connectivity index (χ0v) is 17.7. The van der Waals surface area contributed by atoms with Gasteiger partial charge < -0.3 is 14.8 Å². The fourth-order valence-corrected chi connectivity index (χ4v) is 3.31. The molecule has 0 atom stereocenters. The number of anilines is 2. The second-order valence-electron chi connectivity index (χ2n) is 8.05. The summed E-state index contributed by atoms with van der Waals surface area (Å²) < 4.78 is 12.4. The molecule has 2 aromatic carbocycles. The van der Waals surface area contributed by atoms with Crippen LogP contribution in [-0.2, 0) is 4.74 Å². The van der Waals surface area contributed by atoms with Crippen LogP contribution in [0.15, 0.2) is 48.7 Å². The lowest BCUT2D eigenvalue weighted by Crippen LogP contribution is -2.26. The number of fused-ring (bicyclic) bond motifs is 2. The van der Waals surface area contributed by atoms with Crippen molar-refractivity contribution in [3.63, 3.8) is 0 Å². The Hall–Kier alpha value is -3.61. The summed E-state index contributed by atoms with van der Waals surface area (Å²) >= 11 is 0. The molecule has 0 aliphatic rings. The third-order valence-electron chi connectivity index (χ3n) is 4.64. The minimum atomic E-state index is -0.590. The molecule has 7 nitrogen and oxygen atoms in total. The molecule has 0 aliphatic carbocycles. The second kappa shape index (κ2) is 7.33. The third-order valence-corrected chi connectivity index (χ3v) is 4.64. The van der Waals surface area contributed by atoms with Crippen molar-refractivity contribution in [1.82, 2.24) is 14.5 Å². The molecule has 7 heteroatoms. The van der Waals surface area contributed by atoms with Crippen LogP contribution in [0.4, 0.5) is 16.4 Å². The van der Waals surface area contributed by atoms with Crippen LogP contribution < -0.4 is 10.1 Å². The van der Waals surface area contributed by atoms with E-state index in [0.717, 1.165) is 38.9 Å².